The van der Waals surface area contributed by atoms with Crippen LogP contribution in [0.5, 0.6) is 0 Å². The molecule has 1 aromatic rings. The fourth-order valence-electron chi connectivity index (χ4n) is 3.54. The molecule has 0 spiro atoms. The van der Waals surface area contributed by atoms with Crippen LogP contribution in [0.25, 0.3) is 0 Å². The predicted octanol–water partition coefficient (Wildman–Crippen LogP) is 1.58. The van der Waals surface area contributed by atoms with Crippen LogP contribution in [0.2, 0.25) is 0 Å². The number of ether oxygens (including phenoxy) is 1. The van der Waals surface area contributed by atoms with Gasteiger partial charge in [-0.2, -0.15) is 0 Å². The van der Waals surface area contributed by atoms with Crippen LogP contribution < -0.4 is 10.6 Å². The van der Waals surface area contributed by atoms with Gasteiger partial charge >= 0.3 is 0 Å². The van der Waals surface area contributed by atoms with Gasteiger partial charge in [-0.3, -0.25) is 9.79 Å². The van der Waals surface area contributed by atoms with Crippen LogP contribution in [0.4, 0.5) is 5.69 Å². The third kappa shape index (κ3) is 4.30. The highest BCUT2D eigenvalue weighted by Gasteiger charge is 2.42. The molecule has 9 heteroatoms. The summed E-state index contributed by atoms with van der Waals surface area (Å²) in [7, 11) is -2.96. The number of nitrogens with one attached hydrogen (secondary N) is 2. The van der Waals surface area contributed by atoms with E-state index in [0.717, 1.165) is 35.9 Å². The molecule has 0 bridgehead atoms. The van der Waals surface area contributed by atoms with E-state index in [1.165, 1.54) is 11.8 Å². The molecule has 1 aromatic carbocycles. The van der Waals surface area contributed by atoms with E-state index in [2.05, 4.69) is 15.6 Å². The summed E-state index contributed by atoms with van der Waals surface area (Å²) in [4.78, 5) is 17.0. The van der Waals surface area contributed by atoms with Crippen molar-refractivity contribution in [3.63, 3.8) is 0 Å². The minimum Gasteiger partial charge on any atom is -0.376 e. The fraction of sp³-hybridized carbons (Fsp3) is 0.556. The SMILES string of the molecule is Cc1ccc(C(=O)NC[C@@H]2CCCO2)cc1NC1=N[C@@H]2CS(=O)(=O)C[C@H]2S1. The first-order valence-electron chi connectivity index (χ1n) is 9.12. The molecule has 3 atom stereocenters. The summed E-state index contributed by atoms with van der Waals surface area (Å²) in [5, 5.41) is 6.92. The Hall–Kier alpha value is -1.58. The Morgan fingerprint density at radius 2 is 2.22 bits per heavy atom. The molecular formula is C18H23N3O4S2. The van der Waals surface area contributed by atoms with Gasteiger partial charge in [0.2, 0.25) is 0 Å². The molecule has 0 unspecified atom stereocenters. The molecule has 3 aliphatic rings. The highest BCUT2D eigenvalue weighted by Crippen LogP contribution is 2.35. The second-order valence-corrected chi connectivity index (χ2v) is 10.6. The number of sulfone groups is 1. The van der Waals surface area contributed by atoms with Crippen molar-refractivity contribution in [2.75, 3.05) is 30.0 Å². The van der Waals surface area contributed by atoms with Crippen molar-refractivity contribution in [2.45, 2.75) is 37.2 Å². The van der Waals surface area contributed by atoms with Gasteiger partial charge in [-0.05, 0) is 37.5 Å². The molecule has 2 fully saturated rings. The van der Waals surface area contributed by atoms with Gasteiger partial charge in [0.05, 0.1) is 23.7 Å². The number of carbonyl (C=O) groups excluding carboxylic acids is 1. The summed E-state index contributed by atoms with van der Waals surface area (Å²) in [6.07, 6.45) is 2.13. The van der Waals surface area contributed by atoms with E-state index >= 15 is 0 Å². The summed E-state index contributed by atoms with van der Waals surface area (Å²) in [5.41, 5.74) is 2.39. The number of rotatable bonds is 4. The smallest absolute Gasteiger partial charge is 0.251 e. The number of anilines is 1. The average Bonchev–Trinajstić information content (AvgIpc) is 3.29. The third-order valence-corrected chi connectivity index (χ3v) is 8.22. The number of amidine groups is 1. The Labute approximate surface area is 163 Å². The third-order valence-electron chi connectivity index (χ3n) is 5.07. The largest absolute Gasteiger partial charge is 0.376 e. The molecule has 3 aliphatic heterocycles. The Morgan fingerprint density at radius 3 is 2.96 bits per heavy atom. The van der Waals surface area contributed by atoms with Crippen molar-refractivity contribution < 1.29 is 17.9 Å². The minimum absolute atomic E-state index is 0.00398. The molecule has 0 radical (unpaired) electrons. The van der Waals surface area contributed by atoms with Crippen molar-refractivity contribution >= 4 is 38.4 Å². The standard InChI is InChI=1S/C18H23N3O4S2/c1-11-4-5-12(17(22)19-8-13-3-2-6-25-13)7-14(11)20-18-21-15-9-27(23,24)10-16(15)26-18/h4-5,7,13,15-16H,2-3,6,8-10H2,1H3,(H,19,22)(H,20,21)/t13-,15+,16+/m0/s1. The van der Waals surface area contributed by atoms with Gasteiger partial charge in [-0.25, -0.2) is 8.42 Å². The molecule has 2 saturated heterocycles. The van der Waals surface area contributed by atoms with Gasteiger partial charge in [0.25, 0.3) is 5.91 Å². The van der Waals surface area contributed by atoms with Gasteiger partial charge in [-0.15, -0.1) is 0 Å². The number of amides is 1. The molecule has 2 N–H and O–H groups in total. The Morgan fingerprint density at radius 1 is 1.37 bits per heavy atom. The number of thioether (sulfide) groups is 1. The van der Waals surface area contributed by atoms with Gasteiger partial charge < -0.3 is 15.4 Å². The predicted molar refractivity (Wildman–Crippen MR) is 107 cm³/mol. The van der Waals surface area contributed by atoms with Gasteiger partial charge in [0.1, 0.15) is 0 Å². The van der Waals surface area contributed by atoms with Crippen molar-refractivity contribution in [1.29, 1.82) is 0 Å². The van der Waals surface area contributed by atoms with Crippen LogP contribution in [0.3, 0.4) is 0 Å². The topological polar surface area (TPSA) is 96.9 Å². The number of hydrogen-bond acceptors (Lipinski definition) is 7. The average molecular weight is 410 g/mol. The lowest BCUT2D eigenvalue weighted by atomic mass is 10.1. The summed E-state index contributed by atoms with van der Waals surface area (Å²) in [5.74, 6) is 0.180. The van der Waals surface area contributed by atoms with Crippen LogP contribution >= 0.6 is 11.8 Å². The molecule has 0 aliphatic carbocycles. The summed E-state index contributed by atoms with van der Waals surface area (Å²) < 4.78 is 28.9. The van der Waals surface area contributed by atoms with E-state index in [1.807, 2.05) is 19.1 Å². The highest BCUT2D eigenvalue weighted by atomic mass is 32.2. The zero-order valence-corrected chi connectivity index (χ0v) is 16.7. The number of aryl methyl sites for hydroxylation is 1. The number of hydrogen-bond donors (Lipinski definition) is 2. The summed E-state index contributed by atoms with van der Waals surface area (Å²) >= 11 is 1.47. The maximum atomic E-state index is 12.4. The zero-order valence-electron chi connectivity index (χ0n) is 15.1. The van der Waals surface area contributed by atoms with E-state index in [-0.39, 0.29) is 34.8 Å². The van der Waals surface area contributed by atoms with E-state index in [9.17, 15) is 13.2 Å². The lowest BCUT2D eigenvalue weighted by Gasteiger charge is -2.13. The quantitative estimate of drug-likeness (QED) is 0.784. The number of nitrogens with zero attached hydrogens (tertiary/aromatic N) is 1. The Balaban J connectivity index is 1.41. The van der Waals surface area contributed by atoms with Crippen LogP contribution in [0, 0.1) is 6.92 Å². The monoisotopic (exact) mass is 409 g/mol. The van der Waals surface area contributed by atoms with E-state index < -0.39 is 9.84 Å². The number of carbonyl (C=O) groups is 1. The molecule has 3 heterocycles. The molecule has 0 aromatic heterocycles. The normalized spacial score (nSPS) is 28.6. The lowest BCUT2D eigenvalue weighted by Crippen LogP contribution is -2.31. The number of fused-ring (bicyclic) bond motifs is 1. The Kier molecular flexibility index (Phi) is 5.17. The van der Waals surface area contributed by atoms with E-state index in [1.54, 1.807) is 6.07 Å². The van der Waals surface area contributed by atoms with Crippen LogP contribution in [-0.2, 0) is 14.6 Å². The van der Waals surface area contributed by atoms with Crippen LogP contribution in [0.1, 0.15) is 28.8 Å². The van der Waals surface area contributed by atoms with E-state index in [0.29, 0.717) is 12.1 Å². The maximum absolute atomic E-state index is 12.4. The minimum atomic E-state index is -2.96. The van der Waals surface area contributed by atoms with Crippen molar-refractivity contribution in [3.05, 3.63) is 29.3 Å². The molecule has 7 nitrogen and oxygen atoms in total. The fourth-order valence-corrected chi connectivity index (χ4v) is 7.21. The second kappa shape index (κ2) is 7.44. The molecule has 146 valence electrons. The lowest BCUT2D eigenvalue weighted by molar-refractivity contribution is 0.0858. The molecule has 4 rings (SSSR count). The Bertz CT molecular complexity index is 879. The number of aliphatic imine (C=N–C) groups is 1. The molecule has 27 heavy (non-hydrogen) atoms. The first-order chi connectivity index (χ1) is 12.9. The van der Waals surface area contributed by atoms with Crippen molar-refractivity contribution in [1.82, 2.24) is 5.32 Å². The molecular weight excluding hydrogens is 386 g/mol. The van der Waals surface area contributed by atoms with Gasteiger partial charge in [-0.1, -0.05) is 17.8 Å². The van der Waals surface area contributed by atoms with E-state index in [4.69, 9.17) is 4.74 Å². The zero-order chi connectivity index (χ0) is 19.0. The summed E-state index contributed by atoms with van der Waals surface area (Å²) in [6.45, 7) is 3.25. The van der Waals surface area contributed by atoms with Crippen molar-refractivity contribution in [3.8, 4) is 0 Å². The van der Waals surface area contributed by atoms with Gasteiger partial charge in [0, 0.05) is 29.7 Å². The molecule has 1 amide bonds. The van der Waals surface area contributed by atoms with Crippen molar-refractivity contribution in [2.24, 2.45) is 4.99 Å². The highest BCUT2D eigenvalue weighted by molar-refractivity contribution is 8.15. The first kappa shape index (κ1) is 18.8. The van der Waals surface area contributed by atoms with Crippen LogP contribution in [-0.4, -0.2) is 61.5 Å². The maximum Gasteiger partial charge on any atom is 0.251 e. The second-order valence-electron chi connectivity index (χ2n) is 7.23. The molecule has 0 saturated carbocycles. The number of benzene rings is 1. The van der Waals surface area contributed by atoms with Gasteiger partial charge in [0.15, 0.2) is 15.0 Å². The first-order valence-corrected chi connectivity index (χ1v) is 11.8. The summed E-state index contributed by atoms with van der Waals surface area (Å²) in [6, 6.07) is 5.35. The van der Waals surface area contributed by atoms with Crippen LogP contribution in [0.15, 0.2) is 23.2 Å².